The number of methoxy groups -OCH3 is 1. The summed E-state index contributed by atoms with van der Waals surface area (Å²) in [4.78, 5) is 0. The van der Waals surface area contributed by atoms with Crippen LogP contribution in [0.15, 0.2) is 42.5 Å². The standard InChI is InChI=1S/C25H27N3O2/c1-16(2)9-10-17-11-12-21(22(29)13-17)23-19-7-5-6-8-20(19)24(28-27-23)26-18-14-25(3,15-18)30-4/h5-8,11-13,16,18,29H,14-15H2,1-4H3,(H,26,28). The van der Waals surface area contributed by atoms with E-state index in [9.17, 15) is 5.11 Å². The number of hydrogen-bond acceptors (Lipinski definition) is 5. The Morgan fingerprint density at radius 3 is 2.53 bits per heavy atom. The number of anilines is 1. The Morgan fingerprint density at radius 2 is 1.87 bits per heavy atom. The third kappa shape index (κ3) is 3.96. The number of hydrogen-bond donors (Lipinski definition) is 2. The molecule has 5 heteroatoms. The second-order valence-corrected chi connectivity index (χ2v) is 8.50. The van der Waals surface area contributed by atoms with Gasteiger partial charge in [0.1, 0.15) is 11.4 Å². The summed E-state index contributed by atoms with van der Waals surface area (Å²) in [5.74, 6) is 7.40. The summed E-state index contributed by atoms with van der Waals surface area (Å²) in [6.45, 7) is 6.20. The summed E-state index contributed by atoms with van der Waals surface area (Å²) < 4.78 is 5.55. The van der Waals surface area contributed by atoms with Gasteiger partial charge in [0.25, 0.3) is 0 Å². The minimum atomic E-state index is -0.0627. The van der Waals surface area contributed by atoms with E-state index in [1.54, 1.807) is 13.2 Å². The van der Waals surface area contributed by atoms with Crippen molar-refractivity contribution in [2.24, 2.45) is 5.92 Å². The molecule has 0 spiro atoms. The Bertz CT molecular complexity index is 1140. The number of nitrogens with zero attached hydrogens (tertiary/aromatic N) is 2. The van der Waals surface area contributed by atoms with Crippen molar-refractivity contribution >= 4 is 16.6 Å². The fourth-order valence-corrected chi connectivity index (χ4v) is 3.89. The quantitative estimate of drug-likeness (QED) is 0.603. The molecule has 30 heavy (non-hydrogen) atoms. The van der Waals surface area contributed by atoms with Gasteiger partial charge < -0.3 is 15.2 Å². The first kappa shape index (κ1) is 20.2. The molecule has 0 saturated heterocycles. The summed E-state index contributed by atoms with van der Waals surface area (Å²) >= 11 is 0. The highest BCUT2D eigenvalue weighted by molar-refractivity contribution is 6.01. The number of benzene rings is 2. The van der Waals surface area contributed by atoms with E-state index in [0.29, 0.717) is 17.3 Å². The zero-order valence-electron chi connectivity index (χ0n) is 17.9. The zero-order valence-corrected chi connectivity index (χ0v) is 17.9. The minimum absolute atomic E-state index is 0.0627. The predicted molar refractivity (Wildman–Crippen MR) is 120 cm³/mol. The lowest BCUT2D eigenvalue weighted by Gasteiger charge is -2.44. The van der Waals surface area contributed by atoms with Gasteiger partial charge in [0.05, 0.1) is 5.60 Å². The predicted octanol–water partition coefficient (Wildman–Crippen LogP) is 4.99. The molecule has 154 valence electrons. The molecule has 3 aromatic rings. The van der Waals surface area contributed by atoms with E-state index in [0.717, 1.165) is 35.0 Å². The van der Waals surface area contributed by atoms with E-state index < -0.39 is 0 Å². The molecule has 1 aliphatic carbocycles. The van der Waals surface area contributed by atoms with Crippen molar-refractivity contribution in [3.63, 3.8) is 0 Å². The van der Waals surface area contributed by atoms with E-state index in [4.69, 9.17) is 4.74 Å². The minimum Gasteiger partial charge on any atom is -0.507 e. The SMILES string of the molecule is COC1(C)CC(Nc2nnc(-c3ccc(C#CC(C)C)cc3O)c3ccccc23)C1. The highest BCUT2D eigenvalue weighted by Crippen LogP contribution is 2.39. The number of phenols is 1. The van der Waals surface area contributed by atoms with Gasteiger partial charge in [-0.2, -0.15) is 0 Å². The van der Waals surface area contributed by atoms with Gasteiger partial charge in [-0.05, 0) is 38.0 Å². The molecule has 2 N–H and O–H groups in total. The van der Waals surface area contributed by atoms with Crippen molar-refractivity contribution < 1.29 is 9.84 Å². The van der Waals surface area contributed by atoms with Crippen LogP contribution >= 0.6 is 0 Å². The molecule has 2 aromatic carbocycles. The number of aromatic nitrogens is 2. The third-order valence-electron chi connectivity index (χ3n) is 5.64. The molecule has 0 atom stereocenters. The number of phenolic OH excluding ortho intramolecular Hbond substituents is 1. The number of ether oxygens (including phenoxy) is 1. The van der Waals surface area contributed by atoms with Gasteiger partial charge in [-0.1, -0.05) is 50.0 Å². The summed E-state index contributed by atoms with van der Waals surface area (Å²) in [6.07, 6.45) is 1.86. The average Bonchev–Trinajstić information content (AvgIpc) is 2.71. The van der Waals surface area contributed by atoms with Crippen molar-refractivity contribution in [2.45, 2.75) is 45.3 Å². The zero-order chi connectivity index (χ0) is 21.3. The van der Waals surface area contributed by atoms with Gasteiger partial charge in [0.2, 0.25) is 0 Å². The molecule has 0 bridgehead atoms. The van der Waals surface area contributed by atoms with E-state index >= 15 is 0 Å². The Labute approximate surface area is 177 Å². The van der Waals surface area contributed by atoms with E-state index in [1.165, 1.54) is 0 Å². The Balaban J connectivity index is 1.68. The van der Waals surface area contributed by atoms with Gasteiger partial charge >= 0.3 is 0 Å². The maximum atomic E-state index is 10.7. The highest BCUT2D eigenvalue weighted by atomic mass is 16.5. The molecule has 1 fully saturated rings. The van der Waals surface area contributed by atoms with Crippen molar-refractivity contribution in [3.05, 3.63) is 48.0 Å². The molecule has 0 unspecified atom stereocenters. The second-order valence-electron chi connectivity index (χ2n) is 8.50. The van der Waals surface area contributed by atoms with Crippen LogP contribution in [0.2, 0.25) is 0 Å². The summed E-state index contributed by atoms with van der Waals surface area (Å²) in [6, 6.07) is 13.8. The van der Waals surface area contributed by atoms with Crippen LogP contribution in [0, 0.1) is 17.8 Å². The van der Waals surface area contributed by atoms with Gasteiger partial charge in [-0.15, -0.1) is 10.2 Å². The molecular formula is C25H27N3O2. The summed E-state index contributed by atoms with van der Waals surface area (Å²) in [7, 11) is 1.76. The summed E-state index contributed by atoms with van der Waals surface area (Å²) in [5.41, 5.74) is 2.03. The molecule has 1 aromatic heterocycles. The average molecular weight is 402 g/mol. The van der Waals surface area contributed by atoms with Crippen LogP contribution in [0.4, 0.5) is 5.82 Å². The molecule has 1 heterocycles. The molecule has 1 saturated carbocycles. The van der Waals surface area contributed by atoms with Gasteiger partial charge in [-0.3, -0.25) is 0 Å². The lowest BCUT2D eigenvalue weighted by Crippen LogP contribution is -2.49. The molecule has 0 aliphatic heterocycles. The van der Waals surface area contributed by atoms with Crippen LogP contribution in [0.1, 0.15) is 39.2 Å². The second kappa shape index (κ2) is 7.97. The highest BCUT2D eigenvalue weighted by Gasteiger charge is 2.40. The number of fused-ring (bicyclic) bond motifs is 1. The fraction of sp³-hybridized carbons (Fsp3) is 0.360. The molecule has 0 amide bonds. The van der Waals surface area contributed by atoms with Crippen molar-refractivity contribution in [3.8, 4) is 28.8 Å². The van der Waals surface area contributed by atoms with Crippen LogP contribution in [0.3, 0.4) is 0 Å². The Hall–Kier alpha value is -3.10. The first-order valence-corrected chi connectivity index (χ1v) is 10.3. The topological polar surface area (TPSA) is 67.3 Å². The molecular weight excluding hydrogens is 374 g/mol. The number of rotatable bonds is 4. The van der Waals surface area contributed by atoms with Crippen LogP contribution in [0.5, 0.6) is 5.75 Å². The summed E-state index contributed by atoms with van der Waals surface area (Å²) in [5, 5.41) is 25.0. The molecule has 5 nitrogen and oxygen atoms in total. The lowest BCUT2D eigenvalue weighted by molar-refractivity contribution is -0.0625. The monoisotopic (exact) mass is 401 g/mol. The normalized spacial score (nSPS) is 20.5. The van der Waals surface area contributed by atoms with Gasteiger partial charge in [0, 0.05) is 41.0 Å². The lowest BCUT2D eigenvalue weighted by atomic mass is 9.77. The fourth-order valence-electron chi connectivity index (χ4n) is 3.89. The number of nitrogens with one attached hydrogen (secondary N) is 1. The third-order valence-corrected chi connectivity index (χ3v) is 5.64. The van der Waals surface area contributed by atoms with Crippen molar-refractivity contribution in [2.75, 3.05) is 12.4 Å². The van der Waals surface area contributed by atoms with Crippen LogP contribution in [-0.2, 0) is 4.74 Å². The van der Waals surface area contributed by atoms with E-state index in [2.05, 4.69) is 34.3 Å². The maximum absolute atomic E-state index is 10.7. The number of aromatic hydroxyl groups is 1. The Kier molecular flexibility index (Phi) is 5.36. The van der Waals surface area contributed by atoms with E-state index in [-0.39, 0.29) is 17.3 Å². The van der Waals surface area contributed by atoms with Crippen LogP contribution in [0.25, 0.3) is 22.0 Å². The van der Waals surface area contributed by atoms with E-state index in [1.807, 2.05) is 50.2 Å². The first-order valence-electron chi connectivity index (χ1n) is 10.3. The molecule has 4 rings (SSSR count). The molecule has 0 radical (unpaired) electrons. The van der Waals surface area contributed by atoms with Crippen LogP contribution < -0.4 is 5.32 Å². The largest absolute Gasteiger partial charge is 0.507 e. The van der Waals surface area contributed by atoms with Crippen LogP contribution in [-0.4, -0.2) is 34.1 Å². The van der Waals surface area contributed by atoms with Gasteiger partial charge in [0.15, 0.2) is 5.82 Å². The molecule has 1 aliphatic rings. The Morgan fingerprint density at radius 1 is 1.13 bits per heavy atom. The smallest absolute Gasteiger partial charge is 0.156 e. The van der Waals surface area contributed by atoms with Crippen molar-refractivity contribution in [1.29, 1.82) is 0 Å². The van der Waals surface area contributed by atoms with Crippen molar-refractivity contribution in [1.82, 2.24) is 10.2 Å². The maximum Gasteiger partial charge on any atom is 0.156 e. The first-order chi connectivity index (χ1) is 14.4. The van der Waals surface area contributed by atoms with Gasteiger partial charge in [-0.25, -0.2) is 0 Å².